The van der Waals surface area contributed by atoms with Crippen LogP contribution in [-0.2, 0) is 74.7 Å². The number of methoxy groups -OCH3 is 6. The Bertz CT molecular complexity index is 5890. The van der Waals surface area contributed by atoms with Gasteiger partial charge in [0, 0.05) is 37.3 Å². The smallest absolute Gasteiger partial charge is 0.411 e. The molecule has 0 spiro atoms. The standard InChI is InChI=1S/C19H23NO4.C18H20BrNO3.C18H20ClNO3.C18H20FNO3.C18H21NO4.C18H21NO3/c1-5-23-18-8-6-7-16(20-19(21)22-4)15(18)12-24-17-10-9-13(2)11-14(17)3;3*1-11-8-13(3)17(9-12(11)2)23-10-14-15(19)6-5-7-16(14)20-18(21)22-4;1-12-7-8-17(13(2)9-12)23-11-15-14(10-20)5-4-6-16(15)19-18(21)22-3;1-12-9-14(3)17(10-13(12)2)22-11-15-7-5-6-8-16(15)19-18(20)21-4/h6-11H,5,12H2,1-4H3,(H,20,21);3*5-9H,10H2,1-4H3,(H,20,21);4-9,20H,10-11H2,1-3H3,(H,19,21);5-10H,11H2,1-4H3,(H,19,20). The van der Waals surface area contributed by atoms with Crippen molar-refractivity contribution in [1.29, 1.82) is 0 Å². The minimum atomic E-state index is -0.654. The zero-order valence-electron chi connectivity index (χ0n) is 82.5. The summed E-state index contributed by atoms with van der Waals surface area (Å²) < 4.78 is 83.8. The van der Waals surface area contributed by atoms with E-state index in [1.165, 1.54) is 99.3 Å². The molecule has 0 aromatic heterocycles. The van der Waals surface area contributed by atoms with Crippen LogP contribution in [0.5, 0.6) is 40.2 Å². The first-order valence-electron chi connectivity index (χ1n) is 44.1. The highest BCUT2D eigenvalue weighted by atomic mass is 79.9. The number of amides is 6. The molecule has 0 saturated carbocycles. The molecule has 12 aromatic rings. The van der Waals surface area contributed by atoms with E-state index in [1.54, 1.807) is 48.5 Å². The number of carbonyl (C=O) groups is 6. The number of carbonyl (C=O) groups excluding carboxylic acids is 6. The van der Waals surface area contributed by atoms with Gasteiger partial charge in [-0.15, -0.1) is 0 Å². The van der Waals surface area contributed by atoms with Crippen molar-refractivity contribution in [1.82, 2.24) is 0 Å². The van der Waals surface area contributed by atoms with Crippen molar-refractivity contribution < 1.29 is 99.8 Å². The number of rotatable bonds is 27. The molecule has 0 heterocycles. The maximum Gasteiger partial charge on any atom is 0.411 e. The van der Waals surface area contributed by atoms with Gasteiger partial charge in [-0.3, -0.25) is 31.9 Å². The van der Waals surface area contributed by atoms with Crippen LogP contribution in [0.1, 0.15) is 135 Å². The summed E-state index contributed by atoms with van der Waals surface area (Å²) in [5, 5.41) is 25.9. The van der Waals surface area contributed by atoms with Gasteiger partial charge in [-0.25, -0.2) is 33.2 Å². The Kier molecular flexibility index (Phi) is 44.5. The Labute approximate surface area is 821 Å². The lowest BCUT2D eigenvalue weighted by Crippen LogP contribution is -2.14. The minimum absolute atomic E-state index is 0.00927. The maximum atomic E-state index is 14.1. The van der Waals surface area contributed by atoms with E-state index in [9.17, 15) is 38.3 Å². The number of para-hydroxylation sites is 1. The largest absolute Gasteiger partial charge is 0.493 e. The van der Waals surface area contributed by atoms with Crippen LogP contribution in [0, 0.1) is 117 Å². The molecule has 0 saturated heterocycles. The van der Waals surface area contributed by atoms with Crippen molar-refractivity contribution >= 4 is 98.2 Å². The zero-order valence-corrected chi connectivity index (χ0v) is 84.9. The Morgan fingerprint density at radius 2 is 0.572 bits per heavy atom. The van der Waals surface area contributed by atoms with E-state index >= 15 is 0 Å². The lowest BCUT2D eigenvalue weighted by Gasteiger charge is -2.17. The van der Waals surface area contributed by atoms with Gasteiger partial charge in [0.25, 0.3) is 0 Å². The Balaban J connectivity index is 0.000000225. The molecule has 0 fully saturated rings. The number of anilines is 6. The fourth-order valence-electron chi connectivity index (χ4n) is 13.6. The van der Waals surface area contributed by atoms with Crippen molar-refractivity contribution in [3.8, 4) is 40.2 Å². The number of aryl methyl sites for hydroxylation is 16. The molecular formula is C109H125BrClFN6O20. The van der Waals surface area contributed by atoms with Crippen LogP contribution in [0.2, 0.25) is 5.02 Å². The highest BCUT2D eigenvalue weighted by Crippen LogP contribution is 2.36. The Hall–Kier alpha value is -14.5. The van der Waals surface area contributed by atoms with E-state index in [4.69, 9.17) is 44.8 Å². The molecule has 732 valence electrons. The molecular weight excluding hydrogens is 1850 g/mol. The summed E-state index contributed by atoms with van der Waals surface area (Å²) >= 11 is 9.75. The Morgan fingerprint density at radius 1 is 0.283 bits per heavy atom. The van der Waals surface area contributed by atoms with Gasteiger partial charge in [-0.1, -0.05) is 142 Å². The second-order valence-corrected chi connectivity index (χ2v) is 33.3. The van der Waals surface area contributed by atoms with E-state index in [0.717, 1.165) is 100.0 Å². The number of hydrogen-bond donors (Lipinski definition) is 7. The molecule has 0 aliphatic rings. The second-order valence-electron chi connectivity index (χ2n) is 32.0. The normalized spacial score (nSPS) is 10.3. The van der Waals surface area contributed by atoms with Crippen molar-refractivity contribution in [2.75, 3.05) is 81.2 Å². The van der Waals surface area contributed by atoms with Crippen LogP contribution in [0.4, 0.5) is 67.3 Å². The van der Waals surface area contributed by atoms with E-state index in [1.807, 2.05) is 198 Å². The average Bonchev–Trinajstić information content (AvgIpc) is 0.834. The number of ether oxygens (including phenoxy) is 13. The number of benzene rings is 12. The van der Waals surface area contributed by atoms with Crippen molar-refractivity contribution in [3.63, 3.8) is 0 Å². The molecule has 26 nitrogen and oxygen atoms in total. The monoisotopic (exact) mass is 1970 g/mol. The fourth-order valence-corrected chi connectivity index (χ4v) is 14.3. The van der Waals surface area contributed by atoms with Crippen LogP contribution in [0.3, 0.4) is 0 Å². The van der Waals surface area contributed by atoms with Gasteiger partial charge in [0.05, 0.1) is 95.6 Å². The van der Waals surface area contributed by atoms with E-state index in [2.05, 4.69) is 135 Å². The molecule has 0 atom stereocenters. The lowest BCUT2D eigenvalue weighted by atomic mass is 10.1. The van der Waals surface area contributed by atoms with Crippen LogP contribution in [0.15, 0.2) is 205 Å². The van der Waals surface area contributed by atoms with Crippen LogP contribution < -0.4 is 65.1 Å². The van der Waals surface area contributed by atoms with Gasteiger partial charge >= 0.3 is 36.6 Å². The quantitative estimate of drug-likeness (QED) is 0.0235. The molecule has 12 aromatic carbocycles. The maximum absolute atomic E-state index is 14.1. The third-order valence-corrected chi connectivity index (χ3v) is 22.9. The summed E-state index contributed by atoms with van der Waals surface area (Å²) in [6.45, 7) is 36.3. The Morgan fingerprint density at radius 3 is 0.978 bits per heavy atom. The molecule has 138 heavy (non-hydrogen) atoms. The van der Waals surface area contributed by atoms with Crippen molar-refractivity contribution in [2.24, 2.45) is 0 Å². The van der Waals surface area contributed by atoms with Crippen LogP contribution in [-0.4, -0.2) is 90.9 Å². The summed E-state index contributed by atoms with van der Waals surface area (Å²) in [5.74, 6) is 5.00. The molecule has 29 heteroatoms. The highest BCUT2D eigenvalue weighted by molar-refractivity contribution is 9.10. The van der Waals surface area contributed by atoms with Gasteiger partial charge in [-0.05, 0) is 298 Å². The topological polar surface area (TPSA) is 315 Å². The number of halogens is 3. The van der Waals surface area contributed by atoms with Gasteiger partial charge in [0.2, 0.25) is 0 Å². The SMILES string of the molecule is CCOc1cccc(NC(=O)OC)c1COc1ccc(C)cc1C.COC(=O)Nc1cccc(Br)c1COc1cc(C)c(C)cc1C.COC(=O)Nc1cccc(CO)c1COc1ccc(C)cc1C.COC(=O)Nc1cccc(Cl)c1COc1cc(C)c(C)cc1C.COC(=O)Nc1cccc(F)c1COc1cc(C)c(C)cc1C.COC(=O)Nc1ccccc1COc1cc(C)c(C)cc1C. The van der Waals surface area contributed by atoms with Crippen LogP contribution >= 0.6 is 27.5 Å². The zero-order chi connectivity index (χ0) is 101. The summed E-state index contributed by atoms with van der Waals surface area (Å²) in [7, 11) is 7.87. The van der Waals surface area contributed by atoms with E-state index in [-0.39, 0.29) is 38.6 Å². The third-order valence-electron chi connectivity index (χ3n) is 21.9. The molecule has 0 aliphatic heterocycles. The van der Waals surface area contributed by atoms with Gasteiger partial charge in [0.1, 0.15) is 85.7 Å². The number of nitrogens with one attached hydrogen (secondary N) is 6. The summed E-state index contributed by atoms with van der Waals surface area (Å²) in [5.41, 5.74) is 26.6. The third kappa shape index (κ3) is 34.1. The number of aliphatic hydroxyl groups excluding tert-OH is 1. The average molecular weight is 1970 g/mol. The van der Waals surface area contributed by atoms with E-state index < -0.39 is 42.4 Å². The van der Waals surface area contributed by atoms with Gasteiger partial charge in [-0.2, -0.15) is 0 Å². The molecule has 0 aliphatic carbocycles. The minimum Gasteiger partial charge on any atom is -0.493 e. The molecule has 0 unspecified atom stereocenters. The molecule has 6 amide bonds. The van der Waals surface area contributed by atoms with E-state index in [0.29, 0.717) is 81.6 Å². The fraction of sp³-hybridized carbons (Fsp3) is 0.284. The van der Waals surface area contributed by atoms with Crippen LogP contribution in [0.25, 0.3) is 0 Å². The predicted molar refractivity (Wildman–Crippen MR) is 545 cm³/mol. The molecule has 0 radical (unpaired) electrons. The second kappa shape index (κ2) is 55.5. The number of aliphatic hydroxyl groups is 1. The number of hydrogen-bond acceptors (Lipinski definition) is 20. The summed E-state index contributed by atoms with van der Waals surface area (Å²) in [6, 6.07) is 61.9. The van der Waals surface area contributed by atoms with Gasteiger partial charge < -0.3 is 66.7 Å². The predicted octanol–water partition coefficient (Wildman–Crippen LogP) is 27.0. The van der Waals surface area contributed by atoms with Crippen molar-refractivity contribution in [3.05, 3.63) is 343 Å². The first kappa shape index (κ1) is 111. The summed E-state index contributed by atoms with van der Waals surface area (Å²) in [4.78, 5) is 68.6. The van der Waals surface area contributed by atoms with Crippen molar-refractivity contribution in [2.45, 2.75) is 164 Å². The van der Waals surface area contributed by atoms with Gasteiger partial charge in [0.15, 0.2) is 0 Å². The summed E-state index contributed by atoms with van der Waals surface area (Å²) in [6.07, 6.45) is -3.29. The highest BCUT2D eigenvalue weighted by Gasteiger charge is 2.21. The first-order chi connectivity index (χ1) is 65.9. The molecule has 7 N–H and O–H groups in total. The lowest BCUT2D eigenvalue weighted by molar-refractivity contribution is 0.186. The molecule has 12 rings (SSSR count). The molecule has 0 bridgehead atoms. The first-order valence-corrected chi connectivity index (χ1v) is 45.2.